The van der Waals surface area contributed by atoms with Crippen LogP contribution in [0, 0.1) is 6.92 Å². The zero-order valence-corrected chi connectivity index (χ0v) is 12.0. The number of rotatable bonds is 7. The van der Waals surface area contributed by atoms with Crippen molar-refractivity contribution in [2.75, 3.05) is 19.7 Å². The predicted octanol–water partition coefficient (Wildman–Crippen LogP) is 2.64. The molecule has 1 aromatic carbocycles. The van der Waals surface area contributed by atoms with Crippen LogP contribution in [-0.2, 0) is 0 Å². The summed E-state index contributed by atoms with van der Waals surface area (Å²) in [6.07, 6.45) is 2.31. The molecule has 0 saturated heterocycles. The maximum atomic E-state index is 5.61. The van der Waals surface area contributed by atoms with Crippen molar-refractivity contribution in [3.8, 4) is 5.75 Å². The molecule has 0 amide bonds. The molecular weight excluding hydrogens is 244 g/mol. The van der Waals surface area contributed by atoms with Crippen molar-refractivity contribution in [2.24, 2.45) is 0 Å². The van der Waals surface area contributed by atoms with Crippen LogP contribution in [-0.4, -0.2) is 24.8 Å². The van der Waals surface area contributed by atoms with Crippen LogP contribution in [0.15, 0.2) is 24.3 Å². The van der Waals surface area contributed by atoms with Crippen LogP contribution in [0.4, 0.5) is 0 Å². The third kappa shape index (κ3) is 6.45. The van der Waals surface area contributed by atoms with E-state index in [1.807, 2.05) is 18.2 Å². The Kier molecular flexibility index (Phi) is 7.18. The van der Waals surface area contributed by atoms with Crippen LogP contribution in [0.25, 0.3) is 0 Å². The molecule has 18 heavy (non-hydrogen) atoms. The Labute approximate surface area is 115 Å². The first kappa shape index (κ1) is 14.8. The third-order valence-electron chi connectivity index (χ3n) is 2.46. The molecule has 0 aliphatic heterocycles. The molecule has 0 aliphatic carbocycles. The number of benzene rings is 1. The second-order valence-corrected chi connectivity index (χ2v) is 4.61. The molecule has 0 aromatic heterocycles. The zero-order chi connectivity index (χ0) is 13.2. The lowest BCUT2D eigenvalue weighted by molar-refractivity contribution is 0.322. The lowest BCUT2D eigenvalue weighted by atomic mass is 10.2. The summed E-state index contributed by atoms with van der Waals surface area (Å²) >= 11 is 5.14. The topological polar surface area (TPSA) is 33.3 Å². The van der Waals surface area contributed by atoms with Crippen molar-refractivity contribution in [1.29, 1.82) is 0 Å². The largest absolute Gasteiger partial charge is 0.492 e. The highest BCUT2D eigenvalue weighted by atomic mass is 32.1. The summed E-state index contributed by atoms with van der Waals surface area (Å²) in [7, 11) is 0. The Morgan fingerprint density at radius 2 is 2.06 bits per heavy atom. The maximum Gasteiger partial charge on any atom is 0.166 e. The van der Waals surface area contributed by atoms with Crippen molar-refractivity contribution < 1.29 is 4.74 Å². The minimum atomic E-state index is 0.610. The molecular formula is C14H22N2OS. The number of aryl methyl sites for hydroxylation is 1. The van der Waals surface area contributed by atoms with Crippen LogP contribution < -0.4 is 15.4 Å². The molecule has 0 heterocycles. The molecule has 4 heteroatoms. The molecule has 0 aliphatic rings. The van der Waals surface area contributed by atoms with Gasteiger partial charge in [-0.1, -0.05) is 25.5 Å². The van der Waals surface area contributed by atoms with Gasteiger partial charge in [-0.05, 0) is 43.3 Å². The maximum absolute atomic E-state index is 5.61. The standard InChI is InChI=1S/C14H22N2OS/c1-3-4-8-15-14(18)16-9-10-17-13-7-5-6-12(2)11-13/h5-7,11H,3-4,8-10H2,1-2H3,(H2,15,16,18). The molecule has 2 N–H and O–H groups in total. The number of hydrogen-bond acceptors (Lipinski definition) is 2. The van der Waals surface area contributed by atoms with Gasteiger partial charge < -0.3 is 15.4 Å². The molecule has 0 saturated carbocycles. The SMILES string of the molecule is CCCCNC(=S)NCCOc1cccc(C)c1. The van der Waals surface area contributed by atoms with Gasteiger partial charge in [-0.3, -0.25) is 0 Å². The Morgan fingerprint density at radius 1 is 1.28 bits per heavy atom. The van der Waals surface area contributed by atoms with Crippen molar-refractivity contribution in [3.05, 3.63) is 29.8 Å². The monoisotopic (exact) mass is 266 g/mol. The minimum Gasteiger partial charge on any atom is -0.492 e. The second kappa shape index (κ2) is 8.75. The molecule has 0 spiro atoms. The molecule has 0 atom stereocenters. The fraction of sp³-hybridized carbons (Fsp3) is 0.500. The number of ether oxygens (including phenoxy) is 1. The van der Waals surface area contributed by atoms with Gasteiger partial charge in [-0.25, -0.2) is 0 Å². The fourth-order valence-corrected chi connectivity index (χ4v) is 1.68. The summed E-state index contributed by atoms with van der Waals surface area (Å²) in [6.45, 7) is 6.47. The van der Waals surface area contributed by atoms with E-state index < -0.39 is 0 Å². The number of hydrogen-bond donors (Lipinski definition) is 2. The van der Waals surface area contributed by atoms with E-state index in [1.165, 1.54) is 12.0 Å². The highest BCUT2D eigenvalue weighted by Crippen LogP contribution is 2.11. The predicted molar refractivity (Wildman–Crippen MR) is 80.2 cm³/mol. The Morgan fingerprint density at radius 3 is 2.78 bits per heavy atom. The van der Waals surface area contributed by atoms with E-state index in [9.17, 15) is 0 Å². The van der Waals surface area contributed by atoms with E-state index in [4.69, 9.17) is 17.0 Å². The van der Waals surface area contributed by atoms with Gasteiger partial charge in [0.05, 0.1) is 6.54 Å². The molecule has 0 bridgehead atoms. The van der Waals surface area contributed by atoms with Crippen LogP contribution in [0.2, 0.25) is 0 Å². The normalized spacial score (nSPS) is 9.89. The highest BCUT2D eigenvalue weighted by molar-refractivity contribution is 7.80. The summed E-state index contributed by atoms with van der Waals surface area (Å²) in [5.74, 6) is 0.904. The van der Waals surface area contributed by atoms with Crippen molar-refractivity contribution in [2.45, 2.75) is 26.7 Å². The first-order chi connectivity index (χ1) is 8.72. The van der Waals surface area contributed by atoms with Crippen LogP contribution in [0.1, 0.15) is 25.3 Å². The zero-order valence-electron chi connectivity index (χ0n) is 11.2. The number of nitrogens with one attached hydrogen (secondary N) is 2. The van der Waals surface area contributed by atoms with Crippen LogP contribution in [0.3, 0.4) is 0 Å². The van der Waals surface area contributed by atoms with Gasteiger partial charge in [0.15, 0.2) is 5.11 Å². The molecule has 0 fully saturated rings. The number of thiocarbonyl (C=S) groups is 1. The number of unbranched alkanes of at least 4 members (excludes halogenated alkanes) is 1. The Bertz CT molecular complexity index is 369. The van der Waals surface area contributed by atoms with E-state index in [2.05, 4.69) is 30.5 Å². The summed E-state index contributed by atoms with van der Waals surface area (Å²) in [6, 6.07) is 8.04. The first-order valence-electron chi connectivity index (χ1n) is 6.43. The average molecular weight is 266 g/mol. The molecule has 1 rings (SSSR count). The molecule has 1 aromatic rings. The summed E-state index contributed by atoms with van der Waals surface area (Å²) in [5.41, 5.74) is 1.21. The van der Waals surface area contributed by atoms with Crippen LogP contribution in [0.5, 0.6) is 5.75 Å². The second-order valence-electron chi connectivity index (χ2n) is 4.20. The van der Waals surface area contributed by atoms with E-state index in [-0.39, 0.29) is 0 Å². The Hall–Kier alpha value is -1.29. The smallest absolute Gasteiger partial charge is 0.166 e. The molecule has 0 radical (unpaired) electrons. The summed E-state index contributed by atoms with van der Waals surface area (Å²) in [4.78, 5) is 0. The van der Waals surface area contributed by atoms with E-state index >= 15 is 0 Å². The van der Waals surface area contributed by atoms with Gasteiger partial charge in [0.1, 0.15) is 12.4 Å². The fourth-order valence-electron chi connectivity index (χ4n) is 1.48. The van der Waals surface area contributed by atoms with Crippen molar-refractivity contribution in [1.82, 2.24) is 10.6 Å². The van der Waals surface area contributed by atoms with E-state index in [0.717, 1.165) is 18.7 Å². The molecule has 0 unspecified atom stereocenters. The van der Waals surface area contributed by atoms with Crippen molar-refractivity contribution in [3.63, 3.8) is 0 Å². The van der Waals surface area contributed by atoms with E-state index in [0.29, 0.717) is 18.3 Å². The van der Waals surface area contributed by atoms with Gasteiger partial charge in [0.2, 0.25) is 0 Å². The highest BCUT2D eigenvalue weighted by Gasteiger charge is 1.96. The average Bonchev–Trinajstić information content (AvgIpc) is 2.35. The Balaban J connectivity index is 2.09. The van der Waals surface area contributed by atoms with E-state index in [1.54, 1.807) is 0 Å². The lowest BCUT2D eigenvalue weighted by Crippen LogP contribution is -2.37. The minimum absolute atomic E-state index is 0.610. The van der Waals surface area contributed by atoms with Gasteiger partial charge in [-0.2, -0.15) is 0 Å². The lowest BCUT2D eigenvalue weighted by Gasteiger charge is -2.11. The quantitative estimate of drug-likeness (QED) is 0.587. The summed E-state index contributed by atoms with van der Waals surface area (Å²) < 4.78 is 5.61. The first-order valence-corrected chi connectivity index (χ1v) is 6.84. The summed E-state index contributed by atoms with van der Waals surface area (Å²) in [5, 5.41) is 6.98. The molecule has 100 valence electrons. The van der Waals surface area contributed by atoms with Gasteiger partial charge in [0, 0.05) is 6.54 Å². The van der Waals surface area contributed by atoms with Crippen molar-refractivity contribution >= 4 is 17.3 Å². The van der Waals surface area contributed by atoms with Crippen LogP contribution >= 0.6 is 12.2 Å². The molecule has 3 nitrogen and oxygen atoms in total. The third-order valence-corrected chi connectivity index (χ3v) is 2.75. The van der Waals surface area contributed by atoms with Gasteiger partial charge >= 0.3 is 0 Å². The van der Waals surface area contributed by atoms with Gasteiger partial charge in [0.25, 0.3) is 0 Å². The van der Waals surface area contributed by atoms with Gasteiger partial charge in [-0.15, -0.1) is 0 Å².